The fourth-order valence-corrected chi connectivity index (χ4v) is 2.63. The van der Waals surface area contributed by atoms with Crippen LogP contribution in [-0.2, 0) is 6.54 Å². The molecule has 1 atom stereocenters. The Morgan fingerprint density at radius 2 is 2.15 bits per heavy atom. The van der Waals surface area contributed by atoms with Crippen LogP contribution in [0.4, 0.5) is 0 Å². The standard InChI is InChI=1S/C15H17ClN2O2/c16-12-5-3-11(4-6-12)15-17-13(10-20-15)8-18-7-1-2-14(19)9-18/h3-6,10,14,19H,1-2,7-9H2/t14-/m0/s1. The monoisotopic (exact) mass is 292 g/mol. The van der Waals surface area contributed by atoms with Crippen molar-refractivity contribution in [3.63, 3.8) is 0 Å². The van der Waals surface area contributed by atoms with Crippen LogP contribution in [0.15, 0.2) is 34.9 Å². The number of likely N-dealkylation sites (tertiary alicyclic amines) is 1. The molecule has 2 aromatic rings. The van der Waals surface area contributed by atoms with E-state index in [0.29, 0.717) is 24.0 Å². The molecule has 0 unspecified atom stereocenters. The number of aliphatic hydroxyl groups excluding tert-OH is 1. The molecule has 0 radical (unpaired) electrons. The van der Waals surface area contributed by atoms with Gasteiger partial charge in [0.05, 0.1) is 11.8 Å². The van der Waals surface area contributed by atoms with Crippen molar-refractivity contribution < 1.29 is 9.52 Å². The first-order valence-electron chi connectivity index (χ1n) is 6.81. The van der Waals surface area contributed by atoms with Gasteiger partial charge in [0.2, 0.25) is 5.89 Å². The second-order valence-corrected chi connectivity index (χ2v) is 5.62. The molecule has 0 aliphatic carbocycles. The first-order chi connectivity index (χ1) is 9.70. The summed E-state index contributed by atoms with van der Waals surface area (Å²) < 4.78 is 5.52. The molecule has 0 saturated carbocycles. The zero-order chi connectivity index (χ0) is 13.9. The van der Waals surface area contributed by atoms with Crippen molar-refractivity contribution in [2.75, 3.05) is 13.1 Å². The summed E-state index contributed by atoms with van der Waals surface area (Å²) in [6, 6.07) is 7.43. The highest BCUT2D eigenvalue weighted by Gasteiger charge is 2.19. The molecule has 5 heteroatoms. The highest BCUT2D eigenvalue weighted by atomic mass is 35.5. The number of piperidine rings is 1. The molecule has 1 aromatic carbocycles. The average Bonchev–Trinajstić information content (AvgIpc) is 2.88. The SMILES string of the molecule is O[C@H]1CCCN(Cc2coc(-c3ccc(Cl)cc3)n2)C1. The lowest BCUT2D eigenvalue weighted by Crippen LogP contribution is -2.37. The Balaban J connectivity index is 1.69. The molecule has 1 N–H and O–H groups in total. The van der Waals surface area contributed by atoms with Gasteiger partial charge in [-0.15, -0.1) is 0 Å². The molecule has 1 saturated heterocycles. The summed E-state index contributed by atoms with van der Waals surface area (Å²) in [5.74, 6) is 0.606. The van der Waals surface area contributed by atoms with E-state index in [4.69, 9.17) is 16.0 Å². The second kappa shape index (κ2) is 5.95. The summed E-state index contributed by atoms with van der Waals surface area (Å²) >= 11 is 5.87. The number of β-amino-alcohol motifs (C(OH)–C–C–N with tert-alkyl or cyclic N) is 1. The molecule has 20 heavy (non-hydrogen) atoms. The Labute approximate surface area is 123 Å². The molecule has 1 aromatic heterocycles. The van der Waals surface area contributed by atoms with Crippen LogP contribution in [0.25, 0.3) is 11.5 Å². The fourth-order valence-electron chi connectivity index (χ4n) is 2.51. The van der Waals surface area contributed by atoms with E-state index in [-0.39, 0.29) is 6.10 Å². The zero-order valence-corrected chi connectivity index (χ0v) is 11.9. The van der Waals surface area contributed by atoms with Gasteiger partial charge in [-0.05, 0) is 43.7 Å². The largest absolute Gasteiger partial charge is 0.444 e. The molecule has 1 aliphatic heterocycles. The second-order valence-electron chi connectivity index (χ2n) is 5.18. The van der Waals surface area contributed by atoms with Crippen molar-refractivity contribution >= 4 is 11.6 Å². The summed E-state index contributed by atoms with van der Waals surface area (Å²) in [6.45, 7) is 2.43. The van der Waals surface area contributed by atoms with Crippen LogP contribution in [0, 0.1) is 0 Å². The topological polar surface area (TPSA) is 49.5 Å². The van der Waals surface area contributed by atoms with Gasteiger partial charge in [-0.2, -0.15) is 0 Å². The van der Waals surface area contributed by atoms with Crippen LogP contribution in [0.1, 0.15) is 18.5 Å². The van der Waals surface area contributed by atoms with E-state index >= 15 is 0 Å². The average molecular weight is 293 g/mol. The fraction of sp³-hybridized carbons (Fsp3) is 0.400. The van der Waals surface area contributed by atoms with E-state index in [1.165, 1.54) is 0 Å². The Morgan fingerprint density at radius 1 is 1.35 bits per heavy atom. The number of halogens is 1. The lowest BCUT2D eigenvalue weighted by molar-refractivity contribution is 0.0662. The summed E-state index contributed by atoms with van der Waals surface area (Å²) in [5.41, 5.74) is 1.81. The molecule has 0 spiro atoms. The molecule has 0 amide bonds. The van der Waals surface area contributed by atoms with Gasteiger partial charge in [0.25, 0.3) is 0 Å². The first-order valence-corrected chi connectivity index (χ1v) is 7.19. The summed E-state index contributed by atoms with van der Waals surface area (Å²) in [6.07, 6.45) is 3.39. The smallest absolute Gasteiger partial charge is 0.226 e. The van der Waals surface area contributed by atoms with Crippen LogP contribution in [-0.4, -0.2) is 34.2 Å². The molecular weight excluding hydrogens is 276 g/mol. The number of aromatic nitrogens is 1. The highest BCUT2D eigenvalue weighted by Crippen LogP contribution is 2.22. The number of benzene rings is 1. The van der Waals surface area contributed by atoms with Crippen LogP contribution < -0.4 is 0 Å². The normalized spacial score (nSPS) is 20.2. The molecule has 1 fully saturated rings. The minimum Gasteiger partial charge on any atom is -0.444 e. The summed E-state index contributed by atoms with van der Waals surface area (Å²) in [7, 11) is 0. The maximum atomic E-state index is 9.67. The number of rotatable bonds is 3. The van der Waals surface area contributed by atoms with Gasteiger partial charge in [-0.1, -0.05) is 11.6 Å². The quantitative estimate of drug-likeness (QED) is 0.945. The van der Waals surface area contributed by atoms with Crippen molar-refractivity contribution in [1.82, 2.24) is 9.88 Å². The van der Waals surface area contributed by atoms with Gasteiger partial charge >= 0.3 is 0 Å². The molecule has 106 valence electrons. The van der Waals surface area contributed by atoms with Crippen LogP contribution >= 0.6 is 11.6 Å². The third-order valence-corrected chi connectivity index (χ3v) is 3.76. The van der Waals surface area contributed by atoms with Gasteiger partial charge in [-0.3, -0.25) is 4.90 Å². The van der Waals surface area contributed by atoms with Gasteiger partial charge in [0, 0.05) is 23.7 Å². The molecule has 4 nitrogen and oxygen atoms in total. The van der Waals surface area contributed by atoms with Crippen molar-refractivity contribution in [2.45, 2.75) is 25.5 Å². The van der Waals surface area contributed by atoms with Crippen LogP contribution in [0.5, 0.6) is 0 Å². The Bertz CT molecular complexity index is 568. The maximum absolute atomic E-state index is 9.67. The van der Waals surface area contributed by atoms with E-state index in [1.54, 1.807) is 6.26 Å². The first kappa shape index (κ1) is 13.6. The van der Waals surface area contributed by atoms with E-state index in [2.05, 4.69) is 9.88 Å². The van der Waals surface area contributed by atoms with Crippen LogP contribution in [0.3, 0.4) is 0 Å². The van der Waals surface area contributed by atoms with Crippen LogP contribution in [0.2, 0.25) is 5.02 Å². The number of oxazole rings is 1. The minimum absolute atomic E-state index is 0.216. The van der Waals surface area contributed by atoms with E-state index in [1.807, 2.05) is 24.3 Å². The number of nitrogens with zero attached hydrogens (tertiary/aromatic N) is 2. The predicted octanol–water partition coefficient (Wildman–Crippen LogP) is 2.95. The van der Waals surface area contributed by atoms with Crippen molar-refractivity contribution in [3.05, 3.63) is 41.2 Å². The summed E-state index contributed by atoms with van der Waals surface area (Å²) in [4.78, 5) is 6.70. The van der Waals surface area contributed by atoms with E-state index < -0.39 is 0 Å². The van der Waals surface area contributed by atoms with E-state index in [0.717, 1.165) is 30.6 Å². The molecule has 2 heterocycles. The van der Waals surface area contributed by atoms with Gasteiger partial charge in [-0.25, -0.2) is 4.98 Å². The van der Waals surface area contributed by atoms with Crippen molar-refractivity contribution in [2.24, 2.45) is 0 Å². The molecular formula is C15H17ClN2O2. The third kappa shape index (κ3) is 3.20. The number of aliphatic hydroxyl groups is 1. The highest BCUT2D eigenvalue weighted by molar-refractivity contribution is 6.30. The number of hydrogen-bond acceptors (Lipinski definition) is 4. The van der Waals surface area contributed by atoms with Crippen molar-refractivity contribution in [3.8, 4) is 11.5 Å². The third-order valence-electron chi connectivity index (χ3n) is 3.51. The van der Waals surface area contributed by atoms with Gasteiger partial charge < -0.3 is 9.52 Å². The molecule has 0 bridgehead atoms. The molecule has 1 aliphatic rings. The van der Waals surface area contributed by atoms with Gasteiger partial charge in [0.15, 0.2) is 0 Å². The Morgan fingerprint density at radius 3 is 2.90 bits per heavy atom. The maximum Gasteiger partial charge on any atom is 0.226 e. The zero-order valence-electron chi connectivity index (χ0n) is 11.1. The Hall–Kier alpha value is -1.36. The minimum atomic E-state index is -0.216. The lowest BCUT2D eigenvalue weighted by Gasteiger charge is -2.29. The number of hydrogen-bond donors (Lipinski definition) is 1. The Kier molecular flexibility index (Phi) is 4.05. The predicted molar refractivity (Wildman–Crippen MR) is 77.5 cm³/mol. The van der Waals surface area contributed by atoms with Crippen molar-refractivity contribution in [1.29, 1.82) is 0 Å². The molecule has 3 rings (SSSR count). The lowest BCUT2D eigenvalue weighted by atomic mass is 10.1. The van der Waals surface area contributed by atoms with E-state index in [9.17, 15) is 5.11 Å². The summed E-state index contributed by atoms with van der Waals surface area (Å²) in [5, 5.41) is 10.4. The van der Waals surface area contributed by atoms with Gasteiger partial charge in [0.1, 0.15) is 6.26 Å².